The SMILES string of the molecule is O=C(c1cccc(F)c1)C1NCCc2ccccc21. The van der Waals surface area contributed by atoms with E-state index in [4.69, 9.17) is 0 Å². The van der Waals surface area contributed by atoms with Gasteiger partial charge in [-0.3, -0.25) is 4.79 Å². The van der Waals surface area contributed by atoms with Gasteiger partial charge in [-0.25, -0.2) is 4.39 Å². The molecule has 96 valence electrons. The third kappa shape index (κ3) is 2.29. The quantitative estimate of drug-likeness (QED) is 0.836. The summed E-state index contributed by atoms with van der Waals surface area (Å²) in [5.41, 5.74) is 2.60. The molecule has 2 aromatic carbocycles. The summed E-state index contributed by atoms with van der Waals surface area (Å²) >= 11 is 0. The molecule has 0 saturated carbocycles. The maximum Gasteiger partial charge on any atom is 0.184 e. The Hall–Kier alpha value is -2.00. The maximum absolute atomic E-state index is 13.2. The number of hydrogen-bond acceptors (Lipinski definition) is 2. The Labute approximate surface area is 111 Å². The Kier molecular flexibility index (Phi) is 3.13. The topological polar surface area (TPSA) is 29.1 Å². The van der Waals surface area contributed by atoms with E-state index in [1.165, 1.54) is 17.7 Å². The highest BCUT2D eigenvalue weighted by molar-refractivity contribution is 6.01. The Morgan fingerprint density at radius 3 is 2.84 bits per heavy atom. The second-order valence-corrected chi connectivity index (χ2v) is 4.71. The fraction of sp³-hybridized carbons (Fsp3) is 0.188. The summed E-state index contributed by atoms with van der Waals surface area (Å²) in [5.74, 6) is -0.457. The Bertz CT molecular complexity index is 624. The second-order valence-electron chi connectivity index (χ2n) is 4.71. The molecule has 0 radical (unpaired) electrons. The first kappa shape index (κ1) is 12.1. The van der Waals surface area contributed by atoms with Crippen LogP contribution in [-0.2, 0) is 6.42 Å². The molecule has 0 amide bonds. The number of ketones is 1. The highest BCUT2D eigenvalue weighted by atomic mass is 19.1. The largest absolute Gasteiger partial charge is 0.303 e. The summed E-state index contributed by atoms with van der Waals surface area (Å²) in [6.45, 7) is 0.767. The third-order valence-electron chi connectivity index (χ3n) is 3.48. The van der Waals surface area contributed by atoms with Crippen molar-refractivity contribution >= 4 is 5.78 Å². The lowest BCUT2D eigenvalue weighted by Gasteiger charge is -2.25. The molecule has 0 bridgehead atoms. The van der Waals surface area contributed by atoms with Gasteiger partial charge in [0.2, 0.25) is 0 Å². The van der Waals surface area contributed by atoms with Gasteiger partial charge in [0.1, 0.15) is 5.82 Å². The predicted molar refractivity (Wildman–Crippen MR) is 71.6 cm³/mol. The van der Waals surface area contributed by atoms with Gasteiger partial charge in [0.15, 0.2) is 5.78 Å². The van der Waals surface area contributed by atoms with Crippen LogP contribution in [-0.4, -0.2) is 12.3 Å². The van der Waals surface area contributed by atoms with Crippen molar-refractivity contribution in [2.45, 2.75) is 12.5 Å². The normalized spacial score (nSPS) is 17.8. The molecule has 1 N–H and O–H groups in total. The maximum atomic E-state index is 13.2. The Morgan fingerprint density at radius 2 is 2.00 bits per heavy atom. The van der Waals surface area contributed by atoms with Crippen LogP contribution >= 0.6 is 0 Å². The van der Waals surface area contributed by atoms with E-state index in [9.17, 15) is 9.18 Å². The zero-order valence-corrected chi connectivity index (χ0v) is 10.4. The first-order valence-corrected chi connectivity index (χ1v) is 6.36. The van der Waals surface area contributed by atoms with Crippen LogP contribution in [0.25, 0.3) is 0 Å². The van der Waals surface area contributed by atoms with E-state index in [2.05, 4.69) is 5.32 Å². The smallest absolute Gasteiger partial charge is 0.184 e. The van der Waals surface area contributed by atoms with Crippen LogP contribution in [0.1, 0.15) is 27.5 Å². The third-order valence-corrected chi connectivity index (χ3v) is 3.48. The van der Waals surface area contributed by atoms with Crippen molar-refractivity contribution in [2.75, 3.05) is 6.54 Å². The van der Waals surface area contributed by atoms with Crippen molar-refractivity contribution < 1.29 is 9.18 Å². The molecule has 3 heteroatoms. The van der Waals surface area contributed by atoms with Crippen LogP contribution < -0.4 is 5.32 Å². The molecule has 0 spiro atoms. The van der Waals surface area contributed by atoms with E-state index in [1.807, 2.05) is 24.3 Å². The first-order valence-electron chi connectivity index (χ1n) is 6.36. The molecule has 0 aromatic heterocycles. The van der Waals surface area contributed by atoms with Crippen molar-refractivity contribution in [1.29, 1.82) is 0 Å². The number of hydrogen-bond donors (Lipinski definition) is 1. The van der Waals surface area contributed by atoms with Gasteiger partial charge in [-0.2, -0.15) is 0 Å². The van der Waals surface area contributed by atoms with Gasteiger partial charge in [-0.1, -0.05) is 36.4 Å². The molecule has 3 rings (SSSR count). The van der Waals surface area contributed by atoms with E-state index >= 15 is 0 Å². The van der Waals surface area contributed by atoms with E-state index in [0.717, 1.165) is 18.5 Å². The van der Waals surface area contributed by atoms with Gasteiger partial charge in [0.25, 0.3) is 0 Å². The Balaban J connectivity index is 1.98. The minimum absolute atomic E-state index is 0.0772. The van der Waals surface area contributed by atoms with Crippen LogP contribution in [0.15, 0.2) is 48.5 Å². The molecule has 19 heavy (non-hydrogen) atoms. The molecule has 0 aliphatic carbocycles. The molecule has 2 aromatic rings. The summed E-state index contributed by atoms with van der Waals surface area (Å²) in [7, 11) is 0. The standard InChI is InChI=1S/C16H14FNO/c17-13-6-3-5-12(10-13)16(19)15-14-7-2-1-4-11(14)8-9-18-15/h1-7,10,15,18H,8-9H2. The van der Waals surface area contributed by atoms with Gasteiger partial charge in [0, 0.05) is 12.1 Å². The molecule has 1 aliphatic heterocycles. The molecule has 1 heterocycles. The number of fused-ring (bicyclic) bond motifs is 1. The number of carbonyl (C=O) groups excluding carboxylic acids is 1. The van der Waals surface area contributed by atoms with Crippen molar-refractivity contribution in [1.82, 2.24) is 5.32 Å². The van der Waals surface area contributed by atoms with Crippen molar-refractivity contribution in [3.8, 4) is 0 Å². The summed E-state index contributed by atoms with van der Waals surface area (Å²) in [6, 6.07) is 13.4. The lowest BCUT2D eigenvalue weighted by Crippen LogP contribution is -2.35. The number of benzene rings is 2. The highest BCUT2D eigenvalue weighted by Crippen LogP contribution is 2.25. The summed E-state index contributed by atoms with van der Waals surface area (Å²) in [5, 5.41) is 3.22. The van der Waals surface area contributed by atoms with E-state index < -0.39 is 0 Å². The zero-order chi connectivity index (χ0) is 13.2. The van der Waals surface area contributed by atoms with Gasteiger partial charge < -0.3 is 5.32 Å². The van der Waals surface area contributed by atoms with Gasteiger partial charge in [-0.15, -0.1) is 0 Å². The van der Waals surface area contributed by atoms with E-state index in [1.54, 1.807) is 12.1 Å². The molecular formula is C16H14FNO. The minimum Gasteiger partial charge on any atom is -0.303 e. The van der Waals surface area contributed by atoms with Crippen LogP contribution in [0.2, 0.25) is 0 Å². The average Bonchev–Trinajstić information content (AvgIpc) is 2.46. The first-order chi connectivity index (χ1) is 9.25. The summed E-state index contributed by atoms with van der Waals surface area (Å²) in [4.78, 5) is 12.5. The van der Waals surface area contributed by atoms with Gasteiger partial charge >= 0.3 is 0 Å². The second kappa shape index (κ2) is 4.94. The number of Topliss-reactive ketones (excluding diaryl/α,β-unsaturated/α-hetero) is 1. The average molecular weight is 255 g/mol. The number of nitrogens with one attached hydrogen (secondary N) is 1. The van der Waals surface area contributed by atoms with E-state index in [-0.39, 0.29) is 17.6 Å². The fourth-order valence-corrected chi connectivity index (χ4v) is 2.55. The molecule has 0 fully saturated rings. The lowest BCUT2D eigenvalue weighted by atomic mass is 9.89. The van der Waals surface area contributed by atoms with Crippen LogP contribution in [0.3, 0.4) is 0 Å². The van der Waals surface area contributed by atoms with Crippen LogP contribution in [0.4, 0.5) is 4.39 Å². The van der Waals surface area contributed by atoms with Crippen molar-refractivity contribution in [3.05, 3.63) is 71.0 Å². The molecule has 2 nitrogen and oxygen atoms in total. The Morgan fingerprint density at radius 1 is 1.16 bits per heavy atom. The van der Waals surface area contributed by atoms with Crippen molar-refractivity contribution in [3.63, 3.8) is 0 Å². The lowest BCUT2D eigenvalue weighted by molar-refractivity contribution is 0.0939. The predicted octanol–water partition coefficient (Wildman–Crippen LogP) is 2.90. The summed E-state index contributed by atoms with van der Waals surface area (Å²) < 4.78 is 13.2. The number of rotatable bonds is 2. The van der Waals surface area contributed by atoms with E-state index in [0.29, 0.717) is 5.56 Å². The van der Waals surface area contributed by atoms with Crippen LogP contribution in [0.5, 0.6) is 0 Å². The number of halogens is 1. The van der Waals surface area contributed by atoms with Gasteiger partial charge in [-0.05, 0) is 29.7 Å². The summed E-state index contributed by atoms with van der Waals surface area (Å²) in [6.07, 6.45) is 0.920. The molecular weight excluding hydrogens is 241 g/mol. The minimum atomic E-state index is -0.380. The number of carbonyl (C=O) groups is 1. The molecule has 0 saturated heterocycles. The van der Waals surface area contributed by atoms with Crippen LogP contribution in [0, 0.1) is 5.82 Å². The monoisotopic (exact) mass is 255 g/mol. The molecule has 1 atom stereocenters. The zero-order valence-electron chi connectivity index (χ0n) is 10.4. The molecule has 1 aliphatic rings. The fourth-order valence-electron chi connectivity index (χ4n) is 2.55. The van der Waals surface area contributed by atoms with Crippen molar-refractivity contribution in [2.24, 2.45) is 0 Å². The highest BCUT2D eigenvalue weighted by Gasteiger charge is 2.26. The van der Waals surface area contributed by atoms with Gasteiger partial charge in [0.05, 0.1) is 6.04 Å². The molecule has 1 unspecified atom stereocenters.